The van der Waals surface area contributed by atoms with Crippen LogP contribution >= 0.6 is 0 Å². The number of nitrogens with two attached hydrogens (primary N) is 1. The van der Waals surface area contributed by atoms with E-state index >= 15 is 0 Å². The van der Waals surface area contributed by atoms with Crippen molar-refractivity contribution in [3.05, 3.63) is 65.9 Å². The maximum atomic E-state index is 13.5. The number of aliphatic carboxylic acids is 3. The van der Waals surface area contributed by atoms with E-state index in [1.807, 2.05) is 0 Å². The van der Waals surface area contributed by atoms with E-state index in [1.165, 1.54) is 24.3 Å². The summed E-state index contributed by atoms with van der Waals surface area (Å²) in [5, 5.41) is 45.1. The quantitative estimate of drug-likeness (QED) is 0.108. The number of H-pyrrole nitrogens is 1. The molecular weight excluding hydrogens is 566 g/mol. The maximum Gasteiger partial charge on any atom is 0.326 e. The number of nitrogens with one attached hydrogen (secondary N) is 4. The number of hydrogen-bond donors (Lipinski definition) is 9. The number of phenols is 1. The van der Waals surface area contributed by atoms with Crippen LogP contribution in [0.25, 0.3) is 10.9 Å². The fourth-order valence-corrected chi connectivity index (χ4v) is 4.29. The van der Waals surface area contributed by atoms with Gasteiger partial charge in [-0.05, 0) is 29.3 Å². The molecular formula is C28H31N5O10. The number of carboxylic acid groups (broad SMARTS) is 3. The summed E-state index contributed by atoms with van der Waals surface area (Å²) in [4.78, 5) is 76.5. The predicted octanol–water partition coefficient (Wildman–Crippen LogP) is -0.526. The standard InChI is InChI=1S/C28H31N5O10/c29-18(11-23(35)36)25(39)31-21(12-24(37)38)27(41)32-20(10-15-13-30-19-4-2-1-3-17(15)19)26(40)33-22(28(42)43)9-14-5-7-16(34)8-6-14/h1-8,13,18,20-22,30,34H,9-12,29H2,(H,31,39)(H,32,41)(H,33,40)(H,35,36)(H,37,38)(H,42,43). The van der Waals surface area contributed by atoms with Gasteiger partial charge in [-0.3, -0.25) is 24.0 Å². The van der Waals surface area contributed by atoms with Crippen LogP contribution < -0.4 is 21.7 Å². The molecule has 2 aromatic carbocycles. The van der Waals surface area contributed by atoms with Crippen molar-refractivity contribution in [1.82, 2.24) is 20.9 Å². The number of benzene rings is 2. The monoisotopic (exact) mass is 597 g/mol. The molecule has 15 heteroatoms. The number of para-hydroxylation sites is 1. The Morgan fingerprint density at radius 3 is 1.93 bits per heavy atom. The number of rotatable bonds is 15. The summed E-state index contributed by atoms with van der Waals surface area (Å²) in [5.74, 6) is -7.38. The van der Waals surface area contributed by atoms with E-state index in [4.69, 9.17) is 10.8 Å². The second-order valence-electron chi connectivity index (χ2n) is 9.76. The fraction of sp³-hybridized carbons (Fsp3) is 0.286. The fourth-order valence-electron chi connectivity index (χ4n) is 4.29. The van der Waals surface area contributed by atoms with Crippen LogP contribution in [-0.2, 0) is 41.6 Å². The molecule has 1 heterocycles. The SMILES string of the molecule is NC(CC(=O)O)C(=O)NC(CC(=O)O)C(=O)NC(Cc1c[nH]c2ccccc12)C(=O)NC(Cc1ccc(O)cc1)C(=O)O. The number of carboxylic acids is 3. The molecule has 0 saturated heterocycles. The normalized spacial score (nSPS) is 13.7. The number of aromatic nitrogens is 1. The minimum absolute atomic E-state index is 0.0342. The van der Waals surface area contributed by atoms with Gasteiger partial charge in [0.05, 0.1) is 18.9 Å². The minimum Gasteiger partial charge on any atom is -0.508 e. The van der Waals surface area contributed by atoms with Gasteiger partial charge in [-0.1, -0.05) is 30.3 Å². The highest BCUT2D eigenvalue weighted by molar-refractivity contribution is 5.96. The molecule has 0 bridgehead atoms. The van der Waals surface area contributed by atoms with Crippen molar-refractivity contribution in [1.29, 1.82) is 0 Å². The van der Waals surface area contributed by atoms with Gasteiger partial charge in [0.1, 0.15) is 23.9 Å². The van der Waals surface area contributed by atoms with E-state index in [9.17, 15) is 44.1 Å². The molecule has 43 heavy (non-hydrogen) atoms. The van der Waals surface area contributed by atoms with Crippen molar-refractivity contribution in [2.75, 3.05) is 0 Å². The van der Waals surface area contributed by atoms with Gasteiger partial charge >= 0.3 is 17.9 Å². The second kappa shape index (κ2) is 14.5. The predicted molar refractivity (Wildman–Crippen MR) is 150 cm³/mol. The third-order valence-corrected chi connectivity index (χ3v) is 6.47. The van der Waals surface area contributed by atoms with Gasteiger partial charge in [-0.2, -0.15) is 0 Å². The molecule has 0 aliphatic heterocycles. The number of carbonyl (C=O) groups excluding carboxylic acids is 3. The maximum absolute atomic E-state index is 13.5. The molecule has 3 rings (SSSR count). The molecule has 0 aliphatic carbocycles. The molecule has 1 aromatic heterocycles. The molecule has 3 amide bonds. The third-order valence-electron chi connectivity index (χ3n) is 6.47. The number of fused-ring (bicyclic) bond motifs is 1. The molecule has 0 fully saturated rings. The second-order valence-corrected chi connectivity index (χ2v) is 9.76. The Balaban J connectivity index is 1.87. The van der Waals surface area contributed by atoms with Crippen molar-refractivity contribution in [3.63, 3.8) is 0 Å². The van der Waals surface area contributed by atoms with Crippen molar-refractivity contribution in [2.45, 2.75) is 49.9 Å². The minimum atomic E-state index is -1.74. The first-order valence-corrected chi connectivity index (χ1v) is 13.0. The van der Waals surface area contributed by atoms with Crippen LogP contribution in [0.3, 0.4) is 0 Å². The first kappa shape index (κ1) is 32.1. The van der Waals surface area contributed by atoms with Crippen molar-refractivity contribution < 1.29 is 49.2 Å². The Morgan fingerprint density at radius 2 is 1.30 bits per heavy atom. The average molecular weight is 598 g/mol. The number of phenolic OH excluding ortho intramolecular Hbond substituents is 1. The lowest BCUT2D eigenvalue weighted by atomic mass is 10.0. The van der Waals surface area contributed by atoms with Crippen molar-refractivity contribution in [3.8, 4) is 5.75 Å². The number of hydrogen-bond acceptors (Lipinski definition) is 8. The number of carbonyl (C=O) groups is 6. The summed E-state index contributed by atoms with van der Waals surface area (Å²) in [6.45, 7) is 0. The topological polar surface area (TPSA) is 261 Å². The Kier molecular flexibility index (Phi) is 10.8. The lowest BCUT2D eigenvalue weighted by molar-refractivity contribution is -0.143. The number of aromatic hydroxyl groups is 1. The van der Waals surface area contributed by atoms with Gasteiger partial charge in [0, 0.05) is 29.9 Å². The molecule has 4 atom stereocenters. The van der Waals surface area contributed by atoms with Crippen molar-refractivity contribution >= 4 is 46.5 Å². The van der Waals surface area contributed by atoms with Crippen LogP contribution in [0.1, 0.15) is 24.0 Å². The Labute approximate surface area is 244 Å². The Morgan fingerprint density at radius 1 is 0.721 bits per heavy atom. The zero-order valence-corrected chi connectivity index (χ0v) is 22.6. The summed E-state index contributed by atoms with van der Waals surface area (Å²) in [6.07, 6.45) is -0.412. The summed E-state index contributed by atoms with van der Waals surface area (Å²) in [5.41, 5.74) is 7.32. The van der Waals surface area contributed by atoms with Crippen LogP contribution in [0.2, 0.25) is 0 Å². The first-order chi connectivity index (χ1) is 20.3. The molecule has 3 aromatic rings. The summed E-state index contributed by atoms with van der Waals surface area (Å²) in [7, 11) is 0. The largest absolute Gasteiger partial charge is 0.508 e. The lowest BCUT2D eigenvalue weighted by Gasteiger charge is -2.24. The highest BCUT2D eigenvalue weighted by Crippen LogP contribution is 2.20. The van der Waals surface area contributed by atoms with Gasteiger partial charge in [-0.15, -0.1) is 0 Å². The molecule has 4 unspecified atom stereocenters. The molecule has 0 spiro atoms. The lowest BCUT2D eigenvalue weighted by Crippen LogP contribution is -2.58. The number of aromatic amines is 1. The average Bonchev–Trinajstić information content (AvgIpc) is 3.35. The molecule has 10 N–H and O–H groups in total. The van der Waals surface area contributed by atoms with E-state index < -0.39 is 72.6 Å². The summed E-state index contributed by atoms with van der Waals surface area (Å²) in [6, 6.07) is 6.56. The Hall–Kier alpha value is -5.44. The Bertz CT molecular complexity index is 1500. The summed E-state index contributed by atoms with van der Waals surface area (Å²) < 4.78 is 0. The molecule has 15 nitrogen and oxygen atoms in total. The first-order valence-electron chi connectivity index (χ1n) is 13.0. The number of amides is 3. The highest BCUT2D eigenvalue weighted by atomic mass is 16.4. The van der Waals surface area contributed by atoms with E-state index in [-0.39, 0.29) is 18.6 Å². The molecule has 0 saturated carbocycles. The van der Waals surface area contributed by atoms with Crippen LogP contribution in [-0.4, -0.2) is 85.2 Å². The van der Waals surface area contributed by atoms with E-state index in [2.05, 4.69) is 20.9 Å². The summed E-state index contributed by atoms with van der Waals surface area (Å²) >= 11 is 0. The molecule has 0 radical (unpaired) electrons. The zero-order chi connectivity index (χ0) is 31.7. The van der Waals surface area contributed by atoms with E-state index in [0.29, 0.717) is 16.5 Å². The van der Waals surface area contributed by atoms with Gasteiger partial charge in [0.15, 0.2) is 0 Å². The van der Waals surface area contributed by atoms with E-state index in [1.54, 1.807) is 30.5 Å². The molecule has 228 valence electrons. The highest BCUT2D eigenvalue weighted by Gasteiger charge is 2.32. The van der Waals surface area contributed by atoms with E-state index in [0.717, 1.165) is 5.52 Å². The van der Waals surface area contributed by atoms with Crippen LogP contribution in [0.15, 0.2) is 54.7 Å². The van der Waals surface area contributed by atoms with Gasteiger partial charge in [0.25, 0.3) is 0 Å². The smallest absolute Gasteiger partial charge is 0.326 e. The molecule has 0 aliphatic rings. The van der Waals surface area contributed by atoms with Crippen molar-refractivity contribution in [2.24, 2.45) is 5.73 Å². The zero-order valence-electron chi connectivity index (χ0n) is 22.6. The van der Waals surface area contributed by atoms with Crippen LogP contribution in [0.4, 0.5) is 0 Å². The third kappa shape index (κ3) is 9.29. The van der Waals surface area contributed by atoms with Gasteiger partial charge in [0.2, 0.25) is 17.7 Å². The van der Waals surface area contributed by atoms with Gasteiger partial charge in [-0.25, -0.2) is 4.79 Å². The van der Waals surface area contributed by atoms with Crippen LogP contribution in [0.5, 0.6) is 5.75 Å². The van der Waals surface area contributed by atoms with Crippen LogP contribution in [0, 0.1) is 0 Å². The van der Waals surface area contributed by atoms with Gasteiger partial charge < -0.3 is 47.1 Å².